The lowest BCUT2D eigenvalue weighted by atomic mass is 9.75. The predicted octanol–water partition coefficient (Wildman–Crippen LogP) is 4.07. The Balaban J connectivity index is 1.28. The Bertz CT molecular complexity index is 1570. The summed E-state index contributed by atoms with van der Waals surface area (Å²) < 4.78 is 11.5. The number of aliphatic hydroxyl groups is 2. The number of piperazine rings is 1. The van der Waals surface area contributed by atoms with Crippen molar-refractivity contribution in [1.82, 2.24) is 30.2 Å². The van der Waals surface area contributed by atoms with Gasteiger partial charge in [0, 0.05) is 51.8 Å². The van der Waals surface area contributed by atoms with Crippen molar-refractivity contribution in [3.8, 4) is 10.4 Å². The number of nitrogens with zero attached hydrogens (tertiary/aromatic N) is 5. The molecule has 49 heavy (non-hydrogen) atoms. The summed E-state index contributed by atoms with van der Waals surface area (Å²) in [5.41, 5.74) is 4.38. The van der Waals surface area contributed by atoms with Crippen LogP contribution in [0.1, 0.15) is 82.6 Å². The Kier molecular flexibility index (Phi) is 11.3. The first-order chi connectivity index (χ1) is 23.0. The number of aliphatic hydroxyl groups excluding tert-OH is 2. The van der Waals surface area contributed by atoms with Gasteiger partial charge >= 0.3 is 0 Å². The number of thiazole rings is 1. The third-order valence-corrected chi connectivity index (χ3v) is 10.4. The SMILES string of the molecule is Cc1cc([C@@H](C(=O)N2C[C@H](O)C[C@H]2C(=O)N[C@@H](C)c2ccc(-c3scnc3C)cc2)C(C)(C)CN2CCN(C(O)OC(C)(C)C)CC2)on1. The standard InChI is InChI=1S/C36H52N6O6S/c1-22-17-29(48-39-22)30(36(7,8)20-40-13-15-41(16-14-40)34(46)47-35(4,5)6)33(45)42-19-27(43)18-28(42)32(44)38-23(2)25-9-11-26(12-10-25)31-24(3)37-21-49-31/h9-12,17,21,23,27-28,30,34,43,46H,13-16,18-20H2,1-8H3,(H,38,44)/t23-,27+,28-,30-,34?/m0/s1. The normalized spacial score (nSPS) is 21.5. The Morgan fingerprint density at radius 2 is 1.78 bits per heavy atom. The number of aromatic nitrogens is 2. The van der Waals surface area contributed by atoms with Gasteiger partial charge in [-0.05, 0) is 58.1 Å². The Labute approximate surface area is 293 Å². The molecule has 2 fully saturated rings. The molecule has 3 N–H and O–H groups in total. The van der Waals surface area contributed by atoms with Crippen LogP contribution >= 0.6 is 11.3 Å². The molecule has 0 radical (unpaired) electrons. The van der Waals surface area contributed by atoms with Crippen molar-refractivity contribution in [2.75, 3.05) is 39.3 Å². The van der Waals surface area contributed by atoms with Crippen LogP contribution in [-0.4, -0.2) is 110 Å². The van der Waals surface area contributed by atoms with Crippen LogP contribution < -0.4 is 5.32 Å². The molecular formula is C36H52N6O6S. The molecule has 0 saturated carbocycles. The molecule has 2 aromatic heterocycles. The highest BCUT2D eigenvalue weighted by molar-refractivity contribution is 7.13. The summed E-state index contributed by atoms with van der Waals surface area (Å²) in [5.74, 6) is -0.896. The number of ether oxygens (including phenoxy) is 1. The number of likely N-dealkylation sites (tertiary alicyclic amines) is 1. The van der Waals surface area contributed by atoms with Crippen LogP contribution in [0.5, 0.6) is 0 Å². The number of nitrogens with one attached hydrogen (secondary N) is 1. The average molecular weight is 697 g/mol. The van der Waals surface area contributed by atoms with E-state index in [0.29, 0.717) is 44.2 Å². The topological polar surface area (TPSA) is 144 Å². The summed E-state index contributed by atoms with van der Waals surface area (Å²) in [5, 5.41) is 28.5. The number of hydrogen-bond donors (Lipinski definition) is 3. The summed E-state index contributed by atoms with van der Waals surface area (Å²) in [6.07, 6.45) is -1.66. The van der Waals surface area contributed by atoms with Gasteiger partial charge in [0.15, 0.2) is 0 Å². The lowest BCUT2D eigenvalue weighted by molar-refractivity contribution is -0.244. The molecule has 268 valence electrons. The van der Waals surface area contributed by atoms with Crippen molar-refractivity contribution in [3.63, 3.8) is 0 Å². The van der Waals surface area contributed by atoms with Crippen molar-refractivity contribution in [2.24, 2.45) is 5.41 Å². The molecular weight excluding hydrogens is 644 g/mol. The molecule has 5 atom stereocenters. The number of carbonyl (C=O) groups is 2. The molecule has 3 aromatic rings. The second-order valence-electron chi connectivity index (χ2n) is 15.2. The molecule has 1 unspecified atom stereocenters. The lowest BCUT2D eigenvalue weighted by Crippen LogP contribution is -2.55. The van der Waals surface area contributed by atoms with E-state index in [1.54, 1.807) is 17.4 Å². The van der Waals surface area contributed by atoms with E-state index < -0.39 is 35.5 Å². The van der Waals surface area contributed by atoms with Crippen molar-refractivity contribution in [2.45, 2.75) is 97.9 Å². The number of amides is 2. The number of benzene rings is 1. The molecule has 2 amide bonds. The van der Waals surface area contributed by atoms with Gasteiger partial charge in [0.05, 0.1) is 39.5 Å². The zero-order valence-corrected chi connectivity index (χ0v) is 30.8. The van der Waals surface area contributed by atoms with Gasteiger partial charge in [-0.3, -0.25) is 14.5 Å². The minimum Gasteiger partial charge on any atom is -0.391 e. The number of carbonyl (C=O) groups excluding carboxylic acids is 2. The van der Waals surface area contributed by atoms with Gasteiger partial charge in [0.2, 0.25) is 18.2 Å². The summed E-state index contributed by atoms with van der Waals surface area (Å²) in [6.45, 7) is 18.7. The van der Waals surface area contributed by atoms with Crippen molar-refractivity contribution in [3.05, 3.63) is 58.6 Å². The number of rotatable bonds is 11. The van der Waals surface area contributed by atoms with Gasteiger partial charge in [-0.1, -0.05) is 43.3 Å². The maximum Gasteiger partial charge on any atom is 0.243 e. The van der Waals surface area contributed by atoms with E-state index in [0.717, 1.165) is 21.7 Å². The van der Waals surface area contributed by atoms with Gasteiger partial charge in [-0.15, -0.1) is 11.3 Å². The molecule has 12 nitrogen and oxygen atoms in total. The highest BCUT2D eigenvalue weighted by Gasteiger charge is 2.48. The minimum atomic E-state index is -0.985. The number of β-amino-alcohol motifs (C(OH)–C–C–N with tert-alkyl or cyclic N) is 1. The molecule has 2 aliphatic heterocycles. The van der Waals surface area contributed by atoms with Gasteiger partial charge < -0.3 is 34.6 Å². The van der Waals surface area contributed by atoms with E-state index in [2.05, 4.69) is 20.4 Å². The largest absolute Gasteiger partial charge is 0.391 e. The summed E-state index contributed by atoms with van der Waals surface area (Å²) in [6, 6.07) is 8.68. The highest BCUT2D eigenvalue weighted by atomic mass is 32.1. The van der Waals surface area contributed by atoms with Gasteiger partial charge in [0.25, 0.3) is 0 Å². The molecule has 0 aliphatic carbocycles. The average Bonchev–Trinajstić information content (AvgIpc) is 3.76. The van der Waals surface area contributed by atoms with Crippen LogP contribution in [0.25, 0.3) is 10.4 Å². The van der Waals surface area contributed by atoms with E-state index in [-0.39, 0.29) is 30.8 Å². The summed E-state index contributed by atoms with van der Waals surface area (Å²) in [7, 11) is 0. The second-order valence-corrected chi connectivity index (χ2v) is 16.0. The van der Waals surface area contributed by atoms with Crippen LogP contribution in [0.15, 0.2) is 40.4 Å². The minimum absolute atomic E-state index is 0.0538. The Morgan fingerprint density at radius 3 is 2.35 bits per heavy atom. The van der Waals surface area contributed by atoms with E-state index >= 15 is 0 Å². The molecule has 1 aromatic carbocycles. The monoisotopic (exact) mass is 696 g/mol. The summed E-state index contributed by atoms with van der Waals surface area (Å²) >= 11 is 1.59. The summed E-state index contributed by atoms with van der Waals surface area (Å²) in [4.78, 5) is 39.5. The van der Waals surface area contributed by atoms with Crippen molar-refractivity contribution >= 4 is 23.2 Å². The molecule has 4 heterocycles. The van der Waals surface area contributed by atoms with Crippen LogP contribution in [0.3, 0.4) is 0 Å². The van der Waals surface area contributed by atoms with Gasteiger partial charge in [-0.25, -0.2) is 4.98 Å². The first-order valence-corrected chi connectivity index (χ1v) is 17.9. The fraction of sp³-hybridized carbons (Fsp3) is 0.611. The fourth-order valence-corrected chi connectivity index (χ4v) is 7.74. The third kappa shape index (κ3) is 8.94. The molecule has 0 bridgehead atoms. The van der Waals surface area contributed by atoms with E-state index in [9.17, 15) is 19.8 Å². The number of aryl methyl sites for hydroxylation is 2. The molecule has 5 rings (SSSR count). The van der Waals surface area contributed by atoms with Crippen LogP contribution in [0.4, 0.5) is 0 Å². The van der Waals surface area contributed by atoms with Gasteiger partial charge in [0.1, 0.15) is 17.7 Å². The van der Waals surface area contributed by atoms with Crippen LogP contribution in [-0.2, 0) is 14.3 Å². The van der Waals surface area contributed by atoms with Crippen LogP contribution in [0, 0.1) is 19.3 Å². The molecule has 13 heteroatoms. The number of hydrogen-bond acceptors (Lipinski definition) is 11. The lowest BCUT2D eigenvalue weighted by Gasteiger charge is -2.43. The van der Waals surface area contributed by atoms with Crippen molar-refractivity contribution < 1.29 is 29.1 Å². The maximum absolute atomic E-state index is 14.6. The smallest absolute Gasteiger partial charge is 0.243 e. The van der Waals surface area contributed by atoms with E-state index in [1.165, 1.54) is 4.90 Å². The predicted molar refractivity (Wildman–Crippen MR) is 188 cm³/mol. The maximum atomic E-state index is 14.6. The van der Waals surface area contributed by atoms with E-state index in [4.69, 9.17) is 9.26 Å². The van der Waals surface area contributed by atoms with Gasteiger partial charge in [-0.2, -0.15) is 0 Å². The Hall–Kier alpha value is -3.20. The molecule has 2 aliphatic rings. The molecule has 2 saturated heterocycles. The Morgan fingerprint density at radius 1 is 1.10 bits per heavy atom. The first-order valence-electron chi connectivity index (χ1n) is 17.1. The highest BCUT2D eigenvalue weighted by Crippen LogP contribution is 2.40. The van der Waals surface area contributed by atoms with Crippen molar-refractivity contribution in [1.29, 1.82) is 0 Å². The zero-order chi connectivity index (χ0) is 35.7. The fourth-order valence-electron chi connectivity index (χ4n) is 6.93. The third-order valence-electron chi connectivity index (χ3n) is 9.41. The molecule has 0 spiro atoms. The second kappa shape index (κ2) is 15.0. The van der Waals surface area contributed by atoms with E-state index in [1.807, 2.05) is 90.1 Å². The quantitative estimate of drug-likeness (QED) is 0.251. The zero-order valence-electron chi connectivity index (χ0n) is 30.0. The first kappa shape index (κ1) is 37.1. The van der Waals surface area contributed by atoms with Crippen LogP contribution in [0.2, 0.25) is 0 Å².